The summed E-state index contributed by atoms with van der Waals surface area (Å²) < 4.78 is 6.92. The number of H-pyrrole nitrogens is 1. The van der Waals surface area contributed by atoms with Crippen molar-refractivity contribution in [1.82, 2.24) is 19.8 Å². The van der Waals surface area contributed by atoms with Crippen molar-refractivity contribution in [3.63, 3.8) is 0 Å². The zero-order valence-corrected chi connectivity index (χ0v) is 11.1. The molecule has 1 N–H and O–H groups in total. The largest absolute Gasteiger partial charge is 0.494 e. The number of fused-ring (bicyclic) bond motifs is 1. The van der Waals surface area contributed by atoms with E-state index in [1.165, 1.54) is 11.1 Å². The molecule has 0 atom stereocenters. The van der Waals surface area contributed by atoms with Crippen molar-refractivity contribution in [3.05, 3.63) is 42.5 Å². The van der Waals surface area contributed by atoms with Crippen LogP contribution in [0.25, 0.3) is 5.52 Å². The van der Waals surface area contributed by atoms with Crippen molar-refractivity contribution in [2.45, 2.75) is 0 Å². The molecule has 0 unspecified atom stereocenters. The molecule has 0 aliphatic heterocycles. The van der Waals surface area contributed by atoms with Crippen molar-refractivity contribution < 1.29 is 9.53 Å². The Morgan fingerprint density at radius 1 is 1.45 bits per heavy atom. The number of aromatic amines is 1. The smallest absolute Gasteiger partial charge is 0.262 e. The van der Waals surface area contributed by atoms with Crippen LogP contribution in [0.1, 0.15) is 10.4 Å². The maximum absolute atomic E-state index is 12.6. The van der Waals surface area contributed by atoms with Gasteiger partial charge in [-0.15, -0.1) is 0 Å². The average Bonchev–Trinajstić information content (AvgIpc) is 3.14. The quantitative estimate of drug-likeness (QED) is 0.780. The van der Waals surface area contributed by atoms with E-state index in [4.69, 9.17) is 4.74 Å². The number of amides is 1. The maximum atomic E-state index is 12.6. The second-order valence-corrected chi connectivity index (χ2v) is 4.25. The summed E-state index contributed by atoms with van der Waals surface area (Å²) in [6.07, 6.45) is 6.55. The van der Waals surface area contributed by atoms with Gasteiger partial charge in [-0.3, -0.25) is 9.89 Å². The molecule has 0 radical (unpaired) electrons. The van der Waals surface area contributed by atoms with Crippen LogP contribution in [-0.4, -0.2) is 39.9 Å². The lowest BCUT2D eigenvalue weighted by molar-refractivity contribution is 0.0994. The summed E-state index contributed by atoms with van der Waals surface area (Å²) in [4.78, 5) is 14.1. The van der Waals surface area contributed by atoms with Crippen LogP contribution in [0, 0.1) is 0 Å². The van der Waals surface area contributed by atoms with Crippen molar-refractivity contribution in [2.24, 2.45) is 0 Å². The average molecular weight is 271 g/mol. The van der Waals surface area contributed by atoms with Crippen LogP contribution in [0.5, 0.6) is 5.75 Å². The number of pyridine rings is 1. The molecule has 0 saturated carbocycles. The van der Waals surface area contributed by atoms with Gasteiger partial charge in [-0.1, -0.05) is 0 Å². The Hall–Kier alpha value is -2.83. The van der Waals surface area contributed by atoms with Gasteiger partial charge in [-0.05, 0) is 12.1 Å². The Morgan fingerprint density at radius 3 is 3.00 bits per heavy atom. The molecule has 0 bridgehead atoms. The Balaban J connectivity index is 2.08. The molecule has 0 spiro atoms. The first-order valence-electron chi connectivity index (χ1n) is 5.99. The second-order valence-electron chi connectivity index (χ2n) is 4.25. The number of nitrogens with zero attached hydrogens (tertiary/aromatic N) is 4. The standard InChI is InChI=1S/C13H13N5O2/c1-17(9-6-14-15-7-9)13(19)10-8-16-18-5-3-4-11(20-2)12(10)18/h3-8H,1-2H3,(H,14,15). The van der Waals surface area contributed by atoms with Gasteiger partial charge in [0.15, 0.2) is 0 Å². The molecule has 7 heteroatoms. The van der Waals surface area contributed by atoms with Gasteiger partial charge in [-0.2, -0.15) is 10.2 Å². The molecule has 3 aromatic rings. The molecule has 0 fully saturated rings. The first-order chi connectivity index (χ1) is 9.72. The summed E-state index contributed by atoms with van der Waals surface area (Å²) in [5.74, 6) is 0.430. The topological polar surface area (TPSA) is 75.5 Å². The second kappa shape index (κ2) is 4.69. The number of carbonyl (C=O) groups excluding carboxylic acids is 1. The molecular formula is C13H13N5O2. The van der Waals surface area contributed by atoms with E-state index < -0.39 is 0 Å². The number of methoxy groups -OCH3 is 1. The van der Waals surface area contributed by atoms with Crippen LogP contribution in [0.15, 0.2) is 36.9 Å². The number of hydrogen-bond acceptors (Lipinski definition) is 4. The summed E-state index contributed by atoms with van der Waals surface area (Å²) in [7, 11) is 3.25. The number of nitrogens with one attached hydrogen (secondary N) is 1. The SMILES string of the molecule is COc1cccn2ncc(C(=O)N(C)c3cn[nH]c3)c12. The fourth-order valence-electron chi connectivity index (χ4n) is 2.06. The van der Waals surface area contributed by atoms with E-state index in [-0.39, 0.29) is 5.91 Å². The summed E-state index contributed by atoms with van der Waals surface area (Å²) in [6, 6.07) is 3.61. The summed E-state index contributed by atoms with van der Waals surface area (Å²) in [6.45, 7) is 0. The number of hydrogen-bond donors (Lipinski definition) is 1. The number of rotatable bonds is 3. The van der Waals surface area contributed by atoms with E-state index in [2.05, 4.69) is 15.3 Å². The summed E-state index contributed by atoms with van der Waals surface area (Å²) in [5.41, 5.74) is 1.81. The molecule has 1 amide bonds. The van der Waals surface area contributed by atoms with Crippen LogP contribution in [0.2, 0.25) is 0 Å². The minimum Gasteiger partial charge on any atom is -0.494 e. The summed E-state index contributed by atoms with van der Waals surface area (Å²) >= 11 is 0. The van der Waals surface area contributed by atoms with Gasteiger partial charge in [0, 0.05) is 19.4 Å². The number of carbonyl (C=O) groups is 1. The lowest BCUT2D eigenvalue weighted by Gasteiger charge is -2.14. The van der Waals surface area contributed by atoms with Crippen molar-refractivity contribution in [1.29, 1.82) is 0 Å². The third-order valence-corrected chi connectivity index (χ3v) is 3.13. The van der Waals surface area contributed by atoms with Gasteiger partial charge in [0.25, 0.3) is 5.91 Å². The monoisotopic (exact) mass is 271 g/mol. The van der Waals surface area contributed by atoms with Crippen LogP contribution in [0.3, 0.4) is 0 Å². The molecule has 102 valence electrons. The van der Waals surface area contributed by atoms with Crippen molar-refractivity contribution in [2.75, 3.05) is 19.1 Å². The van der Waals surface area contributed by atoms with Gasteiger partial charge >= 0.3 is 0 Å². The van der Waals surface area contributed by atoms with Gasteiger partial charge in [-0.25, -0.2) is 4.52 Å². The molecule has 0 saturated heterocycles. The lowest BCUT2D eigenvalue weighted by atomic mass is 10.2. The molecule has 3 heterocycles. The molecule has 3 aromatic heterocycles. The highest BCUT2D eigenvalue weighted by atomic mass is 16.5. The van der Waals surface area contributed by atoms with E-state index in [1.807, 2.05) is 6.07 Å². The number of anilines is 1. The molecule has 20 heavy (non-hydrogen) atoms. The predicted octanol–water partition coefficient (Wildman–Crippen LogP) is 1.34. The number of aromatic nitrogens is 4. The van der Waals surface area contributed by atoms with E-state index in [0.717, 1.165) is 0 Å². The third-order valence-electron chi connectivity index (χ3n) is 3.13. The molecule has 3 rings (SSSR count). The molecule has 0 aliphatic carbocycles. The fourth-order valence-corrected chi connectivity index (χ4v) is 2.06. The van der Waals surface area contributed by atoms with Gasteiger partial charge in [0.2, 0.25) is 0 Å². The zero-order chi connectivity index (χ0) is 14.1. The Kier molecular flexibility index (Phi) is 2.86. The molecule has 0 aliphatic rings. The molecule has 0 aromatic carbocycles. The van der Waals surface area contributed by atoms with Crippen molar-refractivity contribution in [3.8, 4) is 5.75 Å². The predicted molar refractivity (Wildman–Crippen MR) is 73.1 cm³/mol. The fraction of sp³-hybridized carbons (Fsp3) is 0.154. The Labute approximate surface area is 114 Å². The normalized spacial score (nSPS) is 10.7. The Bertz CT molecular complexity index is 747. The Morgan fingerprint density at radius 2 is 2.30 bits per heavy atom. The van der Waals surface area contributed by atoms with Gasteiger partial charge in [0.1, 0.15) is 11.3 Å². The first kappa shape index (κ1) is 12.2. The van der Waals surface area contributed by atoms with Crippen LogP contribution >= 0.6 is 0 Å². The minimum atomic E-state index is -0.175. The first-order valence-corrected chi connectivity index (χ1v) is 5.99. The highest BCUT2D eigenvalue weighted by Crippen LogP contribution is 2.24. The van der Waals surface area contributed by atoms with E-state index in [1.54, 1.807) is 43.3 Å². The van der Waals surface area contributed by atoms with Gasteiger partial charge < -0.3 is 9.64 Å². The van der Waals surface area contributed by atoms with Crippen LogP contribution in [-0.2, 0) is 0 Å². The maximum Gasteiger partial charge on any atom is 0.262 e. The highest BCUT2D eigenvalue weighted by molar-refractivity contribution is 6.10. The minimum absolute atomic E-state index is 0.175. The number of ether oxygens (including phenoxy) is 1. The summed E-state index contributed by atoms with van der Waals surface area (Å²) in [5, 5.41) is 10.7. The van der Waals surface area contributed by atoms with E-state index >= 15 is 0 Å². The van der Waals surface area contributed by atoms with E-state index in [0.29, 0.717) is 22.5 Å². The lowest BCUT2D eigenvalue weighted by Crippen LogP contribution is -2.25. The van der Waals surface area contributed by atoms with Crippen LogP contribution in [0.4, 0.5) is 5.69 Å². The van der Waals surface area contributed by atoms with Gasteiger partial charge in [0.05, 0.1) is 30.8 Å². The van der Waals surface area contributed by atoms with E-state index in [9.17, 15) is 4.79 Å². The van der Waals surface area contributed by atoms with Crippen LogP contribution < -0.4 is 9.64 Å². The zero-order valence-electron chi connectivity index (χ0n) is 11.1. The van der Waals surface area contributed by atoms with Crippen molar-refractivity contribution >= 4 is 17.1 Å². The molecular weight excluding hydrogens is 258 g/mol. The third kappa shape index (κ3) is 1.80. The highest BCUT2D eigenvalue weighted by Gasteiger charge is 2.20. The molecule has 7 nitrogen and oxygen atoms in total.